The zero-order valence-corrected chi connectivity index (χ0v) is 20.7. The Morgan fingerprint density at radius 1 is 1.00 bits per heavy atom. The van der Waals surface area contributed by atoms with Crippen molar-refractivity contribution in [3.05, 3.63) is 88.5 Å². The fourth-order valence-electron chi connectivity index (χ4n) is 6.01. The number of rotatable bonds is 6. The van der Waals surface area contributed by atoms with Gasteiger partial charge in [-0.2, -0.15) is 0 Å². The maximum atomic E-state index is 13.5. The van der Waals surface area contributed by atoms with Crippen LogP contribution in [0, 0.1) is 17.0 Å². The van der Waals surface area contributed by atoms with Gasteiger partial charge in [-0.1, -0.05) is 49.2 Å². The molecule has 1 amide bonds. The molecule has 0 bridgehead atoms. The first-order valence-electron chi connectivity index (χ1n) is 12.8. The van der Waals surface area contributed by atoms with Gasteiger partial charge in [0.25, 0.3) is 5.56 Å². The van der Waals surface area contributed by atoms with E-state index >= 15 is 0 Å². The monoisotopic (exact) mass is 507 g/mol. The van der Waals surface area contributed by atoms with Gasteiger partial charge in [0, 0.05) is 36.6 Å². The number of hydrogen-bond acceptors (Lipinski definition) is 4. The minimum Gasteiger partial charge on any atom is -0.387 e. The van der Waals surface area contributed by atoms with Gasteiger partial charge in [0.2, 0.25) is 5.91 Å². The zero-order chi connectivity index (χ0) is 26.0. The third-order valence-electron chi connectivity index (χ3n) is 8.18. The minimum atomic E-state index is -1.14. The summed E-state index contributed by atoms with van der Waals surface area (Å²) in [5.41, 5.74) is 0.155. The number of benzene rings is 2. The largest absolute Gasteiger partial charge is 0.387 e. The maximum Gasteiger partial charge on any atom is 0.253 e. The van der Waals surface area contributed by atoms with E-state index < -0.39 is 22.7 Å². The van der Waals surface area contributed by atoms with Crippen molar-refractivity contribution >= 4 is 5.91 Å². The third kappa shape index (κ3) is 5.07. The lowest BCUT2D eigenvalue weighted by Crippen LogP contribution is -2.62. The van der Waals surface area contributed by atoms with Crippen LogP contribution >= 0.6 is 0 Å². The Bertz CT molecular complexity index is 1340. The highest BCUT2D eigenvalue weighted by Gasteiger charge is 2.55. The number of piperidine rings is 1. The molecule has 1 aliphatic heterocycles. The van der Waals surface area contributed by atoms with Gasteiger partial charge in [0.15, 0.2) is 11.6 Å². The van der Waals surface area contributed by atoms with E-state index in [1.54, 1.807) is 4.90 Å². The van der Waals surface area contributed by atoms with Gasteiger partial charge in [-0.3, -0.25) is 14.2 Å². The quantitative estimate of drug-likeness (QED) is 0.539. The third-order valence-corrected chi connectivity index (χ3v) is 8.18. The second kappa shape index (κ2) is 10.2. The number of aromatic nitrogens is 2. The van der Waals surface area contributed by atoms with Crippen LogP contribution in [0.4, 0.5) is 8.78 Å². The van der Waals surface area contributed by atoms with Gasteiger partial charge in [-0.15, -0.1) is 0 Å². The normalized spacial score (nSPS) is 20.9. The van der Waals surface area contributed by atoms with E-state index in [0.717, 1.165) is 43.4 Å². The number of carbonyl (C=O) groups is 1. The molecule has 8 heteroatoms. The Balaban J connectivity index is 1.30. The number of hydrogen-bond donors (Lipinski definition) is 1. The molecular formula is C29H31F2N3O3. The van der Waals surface area contributed by atoms with Crippen LogP contribution in [-0.4, -0.2) is 44.2 Å². The second-order valence-corrected chi connectivity index (χ2v) is 10.4. The van der Waals surface area contributed by atoms with Crippen molar-refractivity contribution < 1.29 is 18.7 Å². The van der Waals surface area contributed by atoms with Crippen molar-refractivity contribution in [2.45, 2.75) is 57.1 Å². The van der Waals surface area contributed by atoms with E-state index in [-0.39, 0.29) is 24.4 Å². The van der Waals surface area contributed by atoms with E-state index in [9.17, 15) is 23.5 Å². The van der Waals surface area contributed by atoms with Gasteiger partial charge in [-0.05, 0) is 43.4 Å². The average molecular weight is 508 g/mol. The van der Waals surface area contributed by atoms with Crippen molar-refractivity contribution in [1.29, 1.82) is 0 Å². The highest BCUT2D eigenvalue weighted by atomic mass is 19.2. The number of aliphatic hydroxyl groups is 1. The first-order chi connectivity index (χ1) is 17.8. The van der Waals surface area contributed by atoms with Crippen molar-refractivity contribution in [2.75, 3.05) is 13.1 Å². The zero-order valence-electron chi connectivity index (χ0n) is 20.7. The molecule has 37 heavy (non-hydrogen) atoms. The molecule has 3 aromatic rings. The van der Waals surface area contributed by atoms with Gasteiger partial charge < -0.3 is 10.0 Å². The molecule has 1 aliphatic carbocycles. The van der Waals surface area contributed by atoms with Crippen LogP contribution in [0.15, 0.2) is 65.7 Å². The van der Waals surface area contributed by atoms with Gasteiger partial charge >= 0.3 is 0 Å². The molecule has 1 spiro atoms. The van der Waals surface area contributed by atoms with Crippen molar-refractivity contribution in [3.8, 4) is 11.3 Å². The molecule has 5 rings (SSSR count). The van der Waals surface area contributed by atoms with Crippen LogP contribution in [-0.2, 0) is 17.8 Å². The first-order valence-corrected chi connectivity index (χ1v) is 12.8. The van der Waals surface area contributed by atoms with E-state index in [1.165, 1.54) is 23.0 Å². The highest BCUT2D eigenvalue weighted by molar-refractivity contribution is 5.76. The highest BCUT2D eigenvalue weighted by Crippen LogP contribution is 2.51. The molecule has 1 atom stereocenters. The summed E-state index contributed by atoms with van der Waals surface area (Å²) < 4.78 is 28.2. The molecule has 1 aromatic heterocycles. The Hall–Kier alpha value is -3.39. The first kappa shape index (κ1) is 25.3. The summed E-state index contributed by atoms with van der Waals surface area (Å²) in [6, 6.07) is 14.7. The molecule has 0 unspecified atom stereocenters. The number of nitrogens with zero attached hydrogens (tertiary/aromatic N) is 3. The van der Waals surface area contributed by atoms with Crippen LogP contribution in [0.3, 0.4) is 0 Å². The molecular weight excluding hydrogens is 476 g/mol. The summed E-state index contributed by atoms with van der Waals surface area (Å²) in [6.07, 6.45) is 5.84. The van der Waals surface area contributed by atoms with Gasteiger partial charge in [0.1, 0.15) is 0 Å². The Kier molecular flexibility index (Phi) is 6.94. The maximum absolute atomic E-state index is 13.5. The second-order valence-electron chi connectivity index (χ2n) is 10.4. The number of carbonyl (C=O) groups excluding carboxylic acids is 1. The van der Waals surface area contributed by atoms with Crippen molar-refractivity contribution in [1.82, 2.24) is 14.5 Å². The molecule has 6 nitrogen and oxygen atoms in total. The summed E-state index contributed by atoms with van der Waals surface area (Å²) in [5.74, 6) is -1.89. The lowest BCUT2D eigenvalue weighted by molar-refractivity contribution is -0.160. The smallest absolute Gasteiger partial charge is 0.253 e. The molecule has 1 N–H and O–H groups in total. The molecule has 1 saturated carbocycles. The standard InChI is InChI=1S/C29H31F2N3O3/c30-23-10-8-21(16-24(23)31)9-11-26(35)33-15-14-29(37,28(18-33)12-4-5-13-28)19-34-20-32-25(17-27(34)36)22-6-2-1-3-7-22/h1-3,6-8,10,16-17,20,37H,4-5,9,11-15,18-19H2/t29-/m1/s1. The average Bonchev–Trinajstić information content (AvgIpc) is 3.38. The Labute approximate surface area is 214 Å². The summed E-state index contributed by atoms with van der Waals surface area (Å²) in [6.45, 7) is 0.925. The topological polar surface area (TPSA) is 75.4 Å². The summed E-state index contributed by atoms with van der Waals surface area (Å²) in [4.78, 5) is 32.3. The molecule has 194 valence electrons. The van der Waals surface area contributed by atoms with E-state index in [0.29, 0.717) is 37.2 Å². The van der Waals surface area contributed by atoms with E-state index in [2.05, 4.69) is 4.98 Å². The van der Waals surface area contributed by atoms with Crippen molar-refractivity contribution in [3.63, 3.8) is 0 Å². The number of amides is 1. The minimum absolute atomic E-state index is 0.0656. The molecule has 2 heterocycles. The summed E-state index contributed by atoms with van der Waals surface area (Å²) in [7, 11) is 0. The summed E-state index contributed by atoms with van der Waals surface area (Å²) in [5, 5.41) is 11.9. The molecule has 0 radical (unpaired) electrons. The molecule has 2 aromatic carbocycles. The van der Waals surface area contributed by atoms with E-state index in [4.69, 9.17) is 0 Å². The lowest BCUT2D eigenvalue weighted by atomic mass is 9.65. The van der Waals surface area contributed by atoms with E-state index in [1.807, 2.05) is 30.3 Å². The van der Waals surface area contributed by atoms with Gasteiger partial charge in [0.05, 0.1) is 24.2 Å². The molecule has 2 aliphatic rings. The Morgan fingerprint density at radius 3 is 2.46 bits per heavy atom. The number of likely N-dealkylation sites (tertiary alicyclic amines) is 1. The van der Waals surface area contributed by atoms with Crippen LogP contribution in [0.1, 0.15) is 44.1 Å². The predicted molar refractivity (Wildman–Crippen MR) is 136 cm³/mol. The molecule has 2 fully saturated rings. The van der Waals surface area contributed by atoms with Crippen LogP contribution in [0.2, 0.25) is 0 Å². The fourth-order valence-corrected chi connectivity index (χ4v) is 6.01. The number of aryl methyl sites for hydroxylation is 1. The van der Waals surface area contributed by atoms with Crippen LogP contribution in [0.25, 0.3) is 11.3 Å². The SMILES string of the molecule is O=C(CCc1ccc(F)c(F)c1)N1CC[C@@](O)(Cn2cnc(-c3ccccc3)cc2=O)C2(CCCC2)C1. The van der Waals surface area contributed by atoms with Crippen LogP contribution in [0.5, 0.6) is 0 Å². The van der Waals surface area contributed by atoms with Crippen molar-refractivity contribution in [2.24, 2.45) is 5.41 Å². The number of halogens is 2. The Morgan fingerprint density at radius 2 is 1.76 bits per heavy atom. The van der Waals surface area contributed by atoms with Crippen LogP contribution < -0.4 is 5.56 Å². The lowest BCUT2D eigenvalue weighted by Gasteiger charge is -2.52. The molecule has 1 saturated heterocycles. The van der Waals surface area contributed by atoms with Gasteiger partial charge in [-0.25, -0.2) is 13.8 Å². The summed E-state index contributed by atoms with van der Waals surface area (Å²) >= 11 is 0. The predicted octanol–water partition coefficient (Wildman–Crippen LogP) is 4.35. The fraction of sp³-hybridized carbons (Fsp3) is 0.414.